The average molecular weight is 248 g/mol. The zero-order valence-corrected chi connectivity index (χ0v) is 11.6. The number of aliphatic hydroxyl groups excluding tert-OH is 1. The van der Waals surface area contributed by atoms with Crippen molar-refractivity contribution in [3.8, 4) is 0 Å². The number of likely N-dealkylation sites (N-methyl/N-ethyl adjacent to an activating group) is 1. The Kier molecular flexibility index (Phi) is 4.25. The van der Waals surface area contributed by atoms with Crippen LogP contribution >= 0.6 is 0 Å². The molecule has 1 aliphatic rings. The van der Waals surface area contributed by atoms with Crippen molar-refractivity contribution in [1.29, 1.82) is 0 Å². The normalized spacial score (nSPS) is 16.7. The van der Waals surface area contributed by atoms with E-state index >= 15 is 0 Å². The smallest absolute Gasteiger partial charge is 0.0602 e. The average Bonchev–Trinajstić information content (AvgIpc) is 3.11. The first kappa shape index (κ1) is 13.4. The van der Waals surface area contributed by atoms with Crippen LogP contribution in [0.25, 0.3) is 0 Å². The molecule has 1 atom stereocenters. The number of aryl methyl sites for hydroxylation is 2. The second kappa shape index (κ2) is 5.72. The maximum Gasteiger partial charge on any atom is 0.0602 e. The first-order valence-corrected chi connectivity index (χ1v) is 6.75. The second-order valence-electron chi connectivity index (χ2n) is 5.49. The first-order valence-electron chi connectivity index (χ1n) is 6.75. The molecular formula is C15H24N2O. The van der Waals surface area contributed by atoms with Crippen molar-refractivity contribution in [1.82, 2.24) is 5.32 Å². The predicted octanol–water partition coefficient (Wildman–Crippen LogP) is 1.85. The molecule has 1 saturated carbocycles. The zero-order chi connectivity index (χ0) is 13.1. The number of hydrogen-bond donors (Lipinski definition) is 2. The van der Waals surface area contributed by atoms with Crippen LogP contribution < -0.4 is 10.2 Å². The minimum Gasteiger partial charge on any atom is -0.395 e. The quantitative estimate of drug-likeness (QED) is 0.806. The number of benzene rings is 1. The molecule has 0 heterocycles. The Morgan fingerprint density at radius 3 is 2.67 bits per heavy atom. The minimum absolute atomic E-state index is 0.170. The molecule has 3 nitrogen and oxygen atoms in total. The van der Waals surface area contributed by atoms with Gasteiger partial charge in [-0.1, -0.05) is 17.7 Å². The van der Waals surface area contributed by atoms with Gasteiger partial charge in [0.25, 0.3) is 0 Å². The topological polar surface area (TPSA) is 35.5 Å². The summed E-state index contributed by atoms with van der Waals surface area (Å²) in [6.45, 7) is 5.30. The van der Waals surface area contributed by atoms with Gasteiger partial charge in [-0.2, -0.15) is 0 Å². The summed E-state index contributed by atoms with van der Waals surface area (Å²) >= 11 is 0. The Labute approximate surface area is 110 Å². The van der Waals surface area contributed by atoms with Gasteiger partial charge in [-0.05, 0) is 38.3 Å². The maximum atomic E-state index is 9.42. The highest BCUT2D eigenvalue weighted by atomic mass is 16.3. The molecule has 1 aliphatic carbocycles. The molecule has 1 aromatic rings. The SMILES string of the molecule is Cc1ccc(N(C)CC(CO)NC2CC2)c(C)c1. The van der Waals surface area contributed by atoms with Crippen LogP contribution in [0.1, 0.15) is 24.0 Å². The Morgan fingerprint density at radius 2 is 2.11 bits per heavy atom. The summed E-state index contributed by atoms with van der Waals surface area (Å²) in [5.41, 5.74) is 3.83. The van der Waals surface area contributed by atoms with Crippen molar-refractivity contribution < 1.29 is 5.11 Å². The number of nitrogens with zero attached hydrogens (tertiary/aromatic N) is 1. The molecule has 100 valence electrons. The van der Waals surface area contributed by atoms with E-state index in [1.54, 1.807) is 0 Å². The van der Waals surface area contributed by atoms with Gasteiger partial charge in [0.05, 0.1) is 6.61 Å². The molecule has 0 aliphatic heterocycles. The highest BCUT2D eigenvalue weighted by molar-refractivity contribution is 5.53. The second-order valence-corrected chi connectivity index (χ2v) is 5.49. The van der Waals surface area contributed by atoms with Crippen LogP contribution in [0, 0.1) is 13.8 Å². The van der Waals surface area contributed by atoms with E-state index in [1.807, 2.05) is 0 Å². The molecule has 2 rings (SSSR count). The fraction of sp³-hybridized carbons (Fsp3) is 0.600. The fourth-order valence-electron chi connectivity index (χ4n) is 2.41. The maximum absolute atomic E-state index is 9.42. The predicted molar refractivity (Wildman–Crippen MR) is 76.2 cm³/mol. The molecule has 1 aromatic carbocycles. The third kappa shape index (κ3) is 3.47. The standard InChI is InChI=1S/C15H24N2O/c1-11-4-7-15(12(2)8-11)17(3)9-14(10-18)16-13-5-6-13/h4,7-8,13-14,16,18H,5-6,9-10H2,1-3H3. The molecular weight excluding hydrogens is 224 g/mol. The van der Waals surface area contributed by atoms with Gasteiger partial charge in [-0.25, -0.2) is 0 Å². The molecule has 1 unspecified atom stereocenters. The van der Waals surface area contributed by atoms with E-state index in [1.165, 1.54) is 29.7 Å². The van der Waals surface area contributed by atoms with Crippen LogP contribution in [0.2, 0.25) is 0 Å². The van der Waals surface area contributed by atoms with Gasteiger partial charge in [0.2, 0.25) is 0 Å². The largest absolute Gasteiger partial charge is 0.395 e. The van der Waals surface area contributed by atoms with Crippen molar-refractivity contribution in [2.45, 2.75) is 38.8 Å². The van der Waals surface area contributed by atoms with Crippen molar-refractivity contribution in [3.05, 3.63) is 29.3 Å². The van der Waals surface area contributed by atoms with E-state index < -0.39 is 0 Å². The molecule has 0 radical (unpaired) electrons. The summed E-state index contributed by atoms with van der Waals surface area (Å²) in [4.78, 5) is 2.23. The van der Waals surface area contributed by atoms with Crippen LogP contribution in [-0.4, -0.2) is 37.4 Å². The van der Waals surface area contributed by atoms with Gasteiger partial charge >= 0.3 is 0 Å². The van der Waals surface area contributed by atoms with E-state index in [0.29, 0.717) is 6.04 Å². The lowest BCUT2D eigenvalue weighted by Crippen LogP contribution is -2.43. The van der Waals surface area contributed by atoms with Gasteiger partial charge in [0.1, 0.15) is 0 Å². The van der Waals surface area contributed by atoms with E-state index in [4.69, 9.17) is 0 Å². The van der Waals surface area contributed by atoms with E-state index in [9.17, 15) is 5.11 Å². The summed E-state index contributed by atoms with van der Waals surface area (Å²) in [7, 11) is 2.09. The van der Waals surface area contributed by atoms with Gasteiger partial charge in [-0.15, -0.1) is 0 Å². The highest BCUT2D eigenvalue weighted by Gasteiger charge is 2.24. The molecule has 0 saturated heterocycles. The van der Waals surface area contributed by atoms with Crippen molar-refractivity contribution in [3.63, 3.8) is 0 Å². The molecule has 2 N–H and O–H groups in total. The lowest BCUT2D eigenvalue weighted by molar-refractivity contribution is 0.243. The first-order chi connectivity index (χ1) is 8.60. The van der Waals surface area contributed by atoms with E-state index in [0.717, 1.165) is 6.54 Å². The van der Waals surface area contributed by atoms with Crippen molar-refractivity contribution in [2.75, 3.05) is 25.1 Å². The Hall–Kier alpha value is -1.06. The third-order valence-electron chi connectivity index (χ3n) is 3.53. The summed E-state index contributed by atoms with van der Waals surface area (Å²) in [5, 5.41) is 12.9. The molecule has 0 amide bonds. The molecule has 18 heavy (non-hydrogen) atoms. The van der Waals surface area contributed by atoms with E-state index in [-0.39, 0.29) is 12.6 Å². The van der Waals surface area contributed by atoms with Gasteiger partial charge in [0, 0.05) is 31.4 Å². The van der Waals surface area contributed by atoms with Gasteiger partial charge < -0.3 is 15.3 Å². The molecule has 0 bridgehead atoms. The number of hydrogen-bond acceptors (Lipinski definition) is 3. The number of aliphatic hydroxyl groups is 1. The van der Waals surface area contributed by atoms with Gasteiger partial charge in [-0.3, -0.25) is 0 Å². The molecule has 1 fully saturated rings. The zero-order valence-electron chi connectivity index (χ0n) is 11.6. The monoisotopic (exact) mass is 248 g/mol. The van der Waals surface area contributed by atoms with E-state index in [2.05, 4.69) is 49.3 Å². The Morgan fingerprint density at radius 1 is 1.39 bits per heavy atom. The summed E-state index contributed by atoms with van der Waals surface area (Å²) in [6, 6.07) is 7.31. The molecule has 0 aromatic heterocycles. The van der Waals surface area contributed by atoms with Crippen LogP contribution in [0.4, 0.5) is 5.69 Å². The minimum atomic E-state index is 0.170. The van der Waals surface area contributed by atoms with Crippen LogP contribution in [0.15, 0.2) is 18.2 Å². The van der Waals surface area contributed by atoms with Crippen LogP contribution in [0.5, 0.6) is 0 Å². The Bertz CT molecular complexity index is 401. The Balaban J connectivity index is 1.98. The lowest BCUT2D eigenvalue weighted by atomic mass is 10.1. The number of nitrogens with one attached hydrogen (secondary N) is 1. The summed E-state index contributed by atoms with van der Waals surface area (Å²) in [6.07, 6.45) is 2.51. The highest BCUT2D eigenvalue weighted by Crippen LogP contribution is 2.22. The molecule has 3 heteroatoms. The summed E-state index contributed by atoms with van der Waals surface area (Å²) < 4.78 is 0. The number of rotatable bonds is 6. The lowest BCUT2D eigenvalue weighted by Gasteiger charge is -2.27. The fourth-order valence-corrected chi connectivity index (χ4v) is 2.41. The third-order valence-corrected chi connectivity index (χ3v) is 3.53. The van der Waals surface area contributed by atoms with Crippen molar-refractivity contribution >= 4 is 5.69 Å². The van der Waals surface area contributed by atoms with Crippen molar-refractivity contribution in [2.24, 2.45) is 0 Å². The van der Waals surface area contributed by atoms with Crippen LogP contribution in [-0.2, 0) is 0 Å². The van der Waals surface area contributed by atoms with Gasteiger partial charge in [0.15, 0.2) is 0 Å². The summed E-state index contributed by atoms with van der Waals surface area (Å²) in [5.74, 6) is 0. The van der Waals surface area contributed by atoms with Crippen LogP contribution in [0.3, 0.4) is 0 Å². The molecule has 0 spiro atoms. The number of anilines is 1.